The average molecular weight is 355 g/mol. The van der Waals surface area contributed by atoms with Gasteiger partial charge in [0.1, 0.15) is 0 Å². The minimum absolute atomic E-state index is 0.0797. The maximum Gasteiger partial charge on any atom is 0.307 e. The molecule has 4 heteroatoms. The summed E-state index contributed by atoms with van der Waals surface area (Å²) < 4.78 is 2.09. The summed E-state index contributed by atoms with van der Waals surface area (Å²) in [7, 11) is 0. The van der Waals surface area contributed by atoms with Crippen molar-refractivity contribution < 1.29 is 9.90 Å². The molecule has 0 saturated carbocycles. The molecule has 1 N–H and O–H groups in total. The molecule has 2 nitrogen and oxygen atoms in total. The molecule has 0 saturated heterocycles. The van der Waals surface area contributed by atoms with Gasteiger partial charge in [-0.25, -0.2) is 0 Å². The van der Waals surface area contributed by atoms with Gasteiger partial charge in [-0.15, -0.1) is 0 Å². The first-order chi connectivity index (χ1) is 6.00. The van der Waals surface area contributed by atoms with E-state index >= 15 is 0 Å². The van der Waals surface area contributed by atoms with Crippen molar-refractivity contribution in [3.05, 3.63) is 31.3 Å². The molecule has 0 aliphatic heterocycles. The number of carbonyl (C=O) groups is 1. The van der Waals surface area contributed by atoms with Gasteiger partial charge in [0.25, 0.3) is 0 Å². The Morgan fingerprint density at radius 3 is 2.69 bits per heavy atom. The van der Waals surface area contributed by atoms with Crippen molar-refractivity contribution in [2.75, 3.05) is 0 Å². The zero-order chi connectivity index (χ0) is 10.0. The molecule has 0 fully saturated rings. The van der Waals surface area contributed by atoms with Gasteiger partial charge in [-0.05, 0) is 62.6 Å². The minimum Gasteiger partial charge on any atom is -0.481 e. The number of carboxylic acids is 1. The van der Waals surface area contributed by atoms with Crippen LogP contribution in [-0.4, -0.2) is 11.1 Å². The molecule has 0 heterocycles. The standard InChI is InChI=1S/C9H8BrIO2/c1-5-2-6(4-8(12)13)3-7(10)9(5)11/h2-3H,4H2,1H3,(H,12,13). The fourth-order valence-corrected chi connectivity index (χ4v) is 1.99. The summed E-state index contributed by atoms with van der Waals surface area (Å²) in [5, 5.41) is 8.60. The van der Waals surface area contributed by atoms with Crippen LogP contribution in [0.4, 0.5) is 0 Å². The van der Waals surface area contributed by atoms with E-state index in [0.29, 0.717) is 0 Å². The highest BCUT2D eigenvalue weighted by atomic mass is 127. The van der Waals surface area contributed by atoms with E-state index in [-0.39, 0.29) is 6.42 Å². The van der Waals surface area contributed by atoms with E-state index in [2.05, 4.69) is 38.5 Å². The third kappa shape index (κ3) is 2.95. The lowest BCUT2D eigenvalue weighted by molar-refractivity contribution is -0.136. The van der Waals surface area contributed by atoms with Gasteiger partial charge in [-0.1, -0.05) is 6.07 Å². The molecule has 0 atom stereocenters. The van der Waals surface area contributed by atoms with Crippen LogP contribution in [0.2, 0.25) is 0 Å². The Hall–Kier alpha value is -0.1000. The third-order valence-electron chi connectivity index (χ3n) is 1.63. The van der Waals surface area contributed by atoms with Crippen molar-refractivity contribution in [3.63, 3.8) is 0 Å². The van der Waals surface area contributed by atoms with Gasteiger partial charge in [0, 0.05) is 8.04 Å². The Kier molecular flexibility index (Phi) is 3.73. The lowest BCUT2D eigenvalue weighted by atomic mass is 10.1. The summed E-state index contributed by atoms with van der Waals surface area (Å²) >= 11 is 5.61. The molecule has 0 spiro atoms. The second-order valence-corrected chi connectivity index (χ2v) is 4.71. The number of aryl methyl sites for hydroxylation is 1. The number of rotatable bonds is 2. The minimum atomic E-state index is -0.799. The summed E-state index contributed by atoms with van der Waals surface area (Å²) in [5.74, 6) is -0.799. The van der Waals surface area contributed by atoms with Crippen molar-refractivity contribution >= 4 is 44.5 Å². The van der Waals surface area contributed by atoms with Gasteiger partial charge in [0.05, 0.1) is 6.42 Å². The molecule has 0 unspecified atom stereocenters. The summed E-state index contributed by atoms with van der Waals surface area (Å²) in [4.78, 5) is 10.5. The van der Waals surface area contributed by atoms with Crippen LogP contribution in [0.15, 0.2) is 16.6 Å². The molecular weight excluding hydrogens is 347 g/mol. The Labute approximate surface area is 98.6 Å². The summed E-state index contributed by atoms with van der Waals surface area (Å²) in [6.07, 6.45) is 0.0797. The third-order valence-corrected chi connectivity index (χ3v) is 4.42. The number of hydrogen-bond acceptors (Lipinski definition) is 1. The zero-order valence-electron chi connectivity index (χ0n) is 6.97. The Bertz CT molecular complexity index is 326. The van der Waals surface area contributed by atoms with Gasteiger partial charge in [0.15, 0.2) is 0 Å². The number of hydrogen-bond donors (Lipinski definition) is 1. The normalized spacial score (nSPS) is 10.1. The highest BCUT2D eigenvalue weighted by molar-refractivity contribution is 14.1. The first-order valence-electron chi connectivity index (χ1n) is 3.67. The van der Waals surface area contributed by atoms with Crippen molar-refractivity contribution in [1.29, 1.82) is 0 Å². The van der Waals surface area contributed by atoms with Crippen molar-refractivity contribution in [3.8, 4) is 0 Å². The predicted molar refractivity (Wildman–Crippen MR) is 62.9 cm³/mol. The lowest BCUT2D eigenvalue weighted by Gasteiger charge is -2.04. The average Bonchev–Trinajstić information content (AvgIpc) is 1.98. The molecule has 0 bridgehead atoms. The number of halogens is 2. The Balaban J connectivity index is 3.06. The van der Waals surface area contributed by atoms with Gasteiger partial charge in [0.2, 0.25) is 0 Å². The second-order valence-electron chi connectivity index (χ2n) is 2.78. The largest absolute Gasteiger partial charge is 0.481 e. The second kappa shape index (κ2) is 4.41. The van der Waals surface area contributed by atoms with Crippen LogP contribution >= 0.6 is 38.5 Å². The highest BCUT2D eigenvalue weighted by Gasteiger charge is 2.05. The highest BCUT2D eigenvalue weighted by Crippen LogP contribution is 2.24. The topological polar surface area (TPSA) is 37.3 Å². The summed E-state index contributed by atoms with van der Waals surface area (Å²) in [5.41, 5.74) is 1.93. The monoisotopic (exact) mass is 354 g/mol. The molecule has 0 amide bonds. The zero-order valence-corrected chi connectivity index (χ0v) is 10.7. The molecule has 0 aliphatic carbocycles. The van der Waals surface area contributed by atoms with Crippen LogP contribution in [0.5, 0.6) is 0 Å². The van der Waals surface area contributed by atoms with Crippen LogP contribution in [-0.2, 0) is 11.2 Å². The lowest BCUT2D eigenvalue weighted by Crippen LogP contribution is -2.00. The number of carboxylic acid groups (broad SMARTS) is 1. The fraction of sp³-hybridized carbons (Fsp3) is 0.222. The Morgan fingerprint density at radius 1 is 1.62 bits per heavy atom. The van der Waals surface area contributed by atoms with E-state index in [1.165, 1.54) is 0 Å². The fourth-order valence-electron chi connectivity index (χ4n) is 1.07. The van der Waals surface area contributed by atoms with Gasteiger partial charge in [-0.2, -0.15) is 0 Å². The van der Waals surface area contributed by atoms with Crippen molar-refractivity contribution in [1.82, 2.24) is 0 Å². The van der Waals surface area contributed by atoms with E-state index in [1.54, 1.807) is 0 Å². The van der Waals surface area contributed by atoms with E-state index in [0.717, 1.165) is 19.2 Å². The number of aliphatic carboxylic acids is 1. The molecule has 13 heavy (non-hydrogen) atoms. The van der Waals surface area contributed by atoms with Crippen LogP contribution in [0.3, 0.4) is 0 Å². The van der Waals surface area contributed by atoms with Crippen LogP contribution in [0.1, 0.15) is 11.1 Å². The van der Waals surface area contributed by atoms with Crippen LogP contribution in [0.25, 0.3) is 0 Å². The first-order valence-corrected chi connectivity index (χ1v) is 5.54. The molecule has 1 rings (SSSR count). The SMILES string of the molecule is Cc1cc(CC(=O)O)cc(Br)c1I. The molecular formula is C9H8BrIO2. The Morgan fingerprint density at radius 2 is 2.23 bits per heavy atom. The molecule has 1 aromatic carbocycles. The van der Waals surface area contributed by atoms with Gasteiger partial charge >= 0.3 is 5.97 Å². The summed E-state index contributed by atoms with van der Waals surface area (Å²) in [6, 6.07) is 3.75. The molecule has 1 aromatic rings. The van der Waals surface area contributed by atoms with Crippen LogP contribution < -0.4 is 0 Å². The first kappa shape index (κ1) is 11.0. The van der Waals surface area contributed by atoms with Crippen LogP contribution in [0, 0.1) is 10.5 Å². The maximum atomic E-state index is 10.5. The molecule has 0 aliphatic rings. The molecule has 70 valence electrons. The van der Waals surface area contributed by atoms with E-state index < -0.39 is 5.97 Å². The molecule has 0 aromatic heterocycles. The van der Waals surface area contributed by atoms with E-state index in [1.807, 2.05) is 19.1 Å². The van der Waals surface area contributed by atoms with Crippen molar-refractivity contribution in [2.24, 2.45) is 0 Å². The van der Waals surface area contributed by atoms with Gasteiger partial charge in [-0.3, -0.25) is 4.79 Å². The summed E-state index contributed by atoms with van der Waals surface area (Å²) in [6.45, 7) is 1.97. The predicted octanol–water partition coefficient (Wildman–Crippen LogP) is 2.99. The van der Waals surface area contributed by atoms with E-state index in [9.17, 15) is 4.79 Å². The van der Waals surface area contributed by atoms with Gasteiger partial charge < -0.3 is 5.11 Å². The molecule has 0 radical (unpaired) electrons. The maximum absolute atomic E-state index is 10.5. The smallest absolute Gasteiger partial charge is 0.307 e. The van der Waals surface area contributed by atoms with E-state index in [4.69, 9.17) is 5.11 Å². The van der Waals surface area contributed by atoms with Crippen molar-refractivity contribution in [2.45, 2.75) is 13.3 Å². The quantitative estimate of drug-likeness (QED) is 0.829. The number of benzene rings is 1.